The standard InChI is InChI=1S/C16H28N2O2S/c1-13(2)17-10-6-7-11-21(19,20)18(5)16-9-8-14(3)12-15(16)4/h8-9,12-13,17H,6-7,10-11H2,1-5H3. The van der Waals surface area contributed by atoms with Crippen molar-refractivity contribution in [3.63, 3.8) is 0 Å². The minimum absolute atomic E-state index is 0.191. The summed E-state index contributed by atoms with van der Waals surface area (Å²) >= 11 is 0. The molecule has 0 atom stereocenters. The number of benzene rings is 1. The second-order valence-electron chi connectivity index (χ2n) is 5.89. The Morgan fingerprint density at radius 1 is 1.19 bits per heavy atom. The normalized spacial score (nSPS) is 11.9. The molecule has 0 radical (unpaired) electrons. The number of anilines is 1. The van der Waals surface area contributed by atoms with Crippen LogP contribution in [0.1, 0.15) is 37.8 Å². The fraction of sp³-hybridized carbons (Fsp3) is 0.625. The van der Waals surface area contributed by atoms with Crippen LogP contribution in [0.25, 0.3) is 0 Å². The van der Waals surface area contributed by atoms with E-state index in [9.17, 15) is 8.42 Å². The molecular formula is C16H28N2O2S. The zero-order chi connectivity index (χ0) is 16.0. The van der Waals surface area contributed by atoms with Gasteiger partial charge < -0.3 is 5.32 Å². The van der Waals surface area contributed by atoms with Crippen molar-refractivity contribution in [3.8, 4) is 0 Å². The summed E-state index contributed by atoms with van der Waals surface area (Å²) in [6.45, 7) is 8.99. The van der Waals surface area contributed by atoms with Crippen molar-refractivity contribution in [1.82, 2.24) is 5.32 Å². The van der Waals surface area contributed by atoms with E-state index < -0.39 is 10.0 Å². The molecule has 1 aromatic carbocycles. The van der Waals surface area contributed by atoms with E-state index in [-0.39, 0.29) is 5.75 Å². The Labute approximate surface area is 129 Å². The van der Waals surface area contributed by atoms with Gasteiger partial charge in [0.1, 0.15) is 0 Å². The molecule has 0 aliphatic carbocycles. The summed E-state index contributed by atoms with van der Waals surface area (Å²) in [5.74, 6) is 0.191. The first kappa shape index (κ1) is 18.0. The van der Waals surface area contributed by atoms with Crippen LogP contribution in [0.5, 0.6) is 0 Å². The highest BCUT2D eigenvalue weighted by Crippen LogP contribution is 2.22. The van der Waals surface area contributed by atoms with E-state index >= 15 is 0 Å². The lowest BCUT2D eigenvalue weighted by molar-refractivity contribution is 0.559. The maximum atomic E-state index is 12.4. The summed E-state index contributed by atoms with van der Waals surface area (Å²) in [7, 11) is -1.61. The molecule has 1 rings (SSSR count). The van der Waals surface area contributed by atoms with Gasteiger partial charge in [0.15, 0.2) is 0 Å². The average molecular weight is 312 g/mol. The predicted molar refractivity (Wildman–Crippen MR) is 90.5 cm³/mol. The second-order valence-corrected chi connectivity index (χ2v) is 8.01. The van der Waals surface area contributed by atoms with Crippen LogP contribution in [0.3, 0.4) is 0 Å². The Bertz CT molecular complexity index is 553. The Hall–Kier alpha value is -1.07. The number of hydrogen-bond acceptors (Lipinski definition) is 3. The Kier molecular flexibility index (Phi) is 6.68. The average Bonchev–Trinajstić information content (AvgIpc) is 2.37. The third-order valence-corrected chi connectivity index (χ3v) is 5.33. The molecule has 1 aromatic rings. The molecule has 21 heavy (non-hydrogen) atoms. The highest BCUT2D eigenvalue weighted by Gasteiger charge is 2.19. The lowest BCUT2D eigenvalue weighted by Crippen LogP contribution is -2.30. The van der Waals surface area contributed by atoms with Crippen molar-refractivity contribution in [2.24, 2.45) is 0 Å². The van der Waals surface area contributed by atoms with Gasteiger partial charge in [0, 0.05) is 13.1 Å². The van der Waals surface area contributed by atoms with E-state index in [4.69, 9.17) is 0 Å². The maximum Gasteiger partial charge on any atom is 0.234 e. The molecule has 0 heterocycles. The summed E-state index contributed by atoms with van der Waals surface area (Å²) in [5.41, 5.74) is 2.89. The van der Waals surface area contributed by atoms with Gasteiger partial charge in [0.25, 0.3) is 0 Å². The van der Waals surface area contributed by atoms with Crippen LogP contribution in [-0.4, -0.2) is 33.8 Å². The molecule has 0 bridgehead atoms. The van der Waals surface area contributed by atoms with Gasteiger partial charge in [-0.3, -0.25) is 4.31 Å². The molecule has 1 N–H and O–H groups in total. The first-order valence-electron chi connectivity index (χ1n) is 7.51. The molecule has 0 unspecified atom stereocenters. The SMILES string of the molecule is Cc1ccc(N(C)S(=O)(=O)CCCCNC(C)C)c(C)c1. The summed E-state index contributed by atoms with van der Waals surface area (Å²) < 4.78 is 26.2. The summed E-state index contributed by atoms with van der Waals surface area (Å²) in [5, 5.41) is 3.30. The highest BCUT2D eigenvalue weighted by atomic mass is 32.2. The van der Waals surface area contributed by atoms with Crippen molar-refractivity contribution >= 4 is 15.7 Å². The van der Waals surface area contributed by atoms with Crippen molar-refractivity contribution in [1.29, 1.82) is 0 Å². The van der Waals surface area contributed by atoms with Gasteiger partial charge in [-0.25, -0.2) is 8.42 Å². The fourth-order valence-corrected chi connectivity index (χ4v) is 3.59. The largest absolute Gasteiger partial charge is 0.315 e. The molecule has 0 aliphatic rings. The fourth-order valence-electron chi connectivity index (χ4n) is 2.25. The number of hydrogen-bond donors (Lipinski definition) is 1. The third kappa shape index (κ3) is 5.67. The minimum atomic E-state index is -3.24. The van der Waals surface area contributed by atoms with Gasteiger partial charge in [-0.2, -0.15) is 0 Å². The Morgan fingerprint density at radius 2 is 1.86 bits per heavy atom. The molecule has 0 spiro atoms. The number of nitrogens with zero attached hydrogens (tertiary/aromatic N) is 1. The van der Waals surface area contributed by atoms with Gasteiger partial charge >= 0.3 is 0 Å². The van der Waals surface area contributed by atoms with Gasteiger partial charge in [0.05, 0.1) is 11.4 Å². The van der Waals surface area contributed by atoms with Crippen molar-refractivity contribution in [2.45, 2.75) is 46.6 Å². The number of sulfonamides is 1. The van der Waals surface area contributed by atoms with E-state index in [1.165, 1.54) is 4.31 Å². The monoisotopic (exact) mass is 312 g/mol. The van der Waals surface area contributed by atoms with E-state index in [2.05, 4.69) is 19.2 Å². The quantitative estimate of drug-likeness (QED) is 0.751. The van der Waals surface area contributed by atoms with E-state index in [0.717, 1.165) is 29.8 Å². The molecule has 0 fully saturated rings. The zero-order valence-electron chi connectivity index (χ0n) is 13.8. The predicted octanol–water partition coefficient (Wildman–Crippen LogP) is 2.85. The molecule has 0 saturated carbocycles. The van der Waals surface area contributed by atoms with Crippen LogP contribution in [0, 0.1) is 13.8 Å². The summed E-state index contributed by atoms with van der Waals surface area (Å²) in [6.07, 6.45) is 1.55. The van der Waals surface area contributed by atoms with Gasteiger partial charge in [0.2, 0.25) is 10.0 Å². The minimum Gasteiger partial charge on any atom is -0.315 e. The van der Waals surface area contributed by atoms with Crippen molar-refractivity contribution in [2.75, 3.05) is 23.7 Å². The summed E-state index contributed by atoms with van der Waals surface area (Å²) in [4.78, 5) is 0. The molecular weight excluding hydrogens is 284 g/mol. The lowest BCUT2D eigenvalue weighted by Gasteiger charge is -2.21. The second kappa shape index (κ2) is 7.80. The Morgan fingerprint density at radius 3 is 2.43 bits per heavy atom. The smallest absolute Gasteiger partial charge is 0.234 e. The Balaban J connectivity index is 2.61. The molecule has 5 heteroatoms. The molecule has 0 aliphatic heterocycles. The van der Waals surface area contributed by atoms with Crippen LogP contribution in [0.4, 0.5) is 5.69 Å². The van der Waals surface area contributed by atoms with E-state index in [1.807, 2.05) is 32.0 Å². The first-order valence-corrected chi connectivity index (χ1v) is 9.12. The van der Waals surface area contributed by atoms with Gasteiger partial charge in [-0.1, -0.05) is 31.5 Å². The molecule has 4 nitrogen and oxygen atoms in total. The first-order chi connectivity index (χ1) is 9.74. The topological polar surface area (TPSA) is 49.4 Å². The number of unbranched alkanes of at least 4 members (excludes halogenated alkanes) is 1. The van der Waals surface area contributed by atoms with Crippen molar-refractivity contribution in [3.05, 3.63) is 29.3 Å². The van der Waals surface area contributed by atoms with Crippen LogP contribution in [0.2, 0.25) is 0 Å². The zero-order valence-corrected chi connectivity index (χ0v) is 14.6. The van der Waals surface area contributed by atoms with Crippen LogP contribution < -0.4 is 9.62 Å². The molecule has 0 aromatic heterocycles. The maximum absolute atomic E-state index is 12.4. The number of aryl methyl sites for hydroxylation is 2. The third-order valence-electron chi connectivity index (χ3n) is 3.49. The molecule has 0 amide bonds. The van der Waals surface area contributed by atoms with Crippen LogP contribution in [0.15, 0.2) is 18.2 Å². The van der Waals surface area contributed by atoms with Gasteiger partial charge in [-0.05, 0) is 44.9 Å². The number of nitrogens with one attached hydrogen (secondary N) is 1. The van der Waals surface area contributed by atoms with Crippen LogP contribution in [-0.2, 0) is 10.0 Å². The molecule has 120 valence electrons. The van der Waals surface area contributed by atoms with Crippen molar-refractivity contribution < 1.29 is 8.42 Å². The van der Waals surface area contributed by atoms with E-state index in [1.54, 1.807) is 7.05 Å². The highest BCUT2D eigenvalue weighted by molar-refractivity contribution is 7.92. The van der Waals surface area contributed by atoms with Crippen LogP contribution >= 0.6 is 0 Å². The molecule has 0 saturated heterocycles. The summed E-state index contributed by atoms with van der Waals surface area (Å²) in [6, 6.07) is 6.27. The van der Waals surface area contributed by atoms with Gasteiger partial charge in [-0.15, -0.1) is 0 Å². The van der Waals surface area contributed by atoms with E-state index in [0.29, 0.717) is 12.5 Å². The number of rotatable bonds is 8. The lowest BCUT2D eigenvalue weighted by atomic mass is 10.1.